The SMILES string of the molecule is CC1CCN(C(=O)CCN2C(=O)C(C)Oc3ccccc32)C(CN)C1. The number of anilines is 1. The molecule has 6 heteroatoms. The molecule has 2 aliphatic rings. The number of likely N-dealkylation sites (tertiary alicyclic amines) is 1. The van der Waals surface area contributed by atoms with Crippen LogP contribution in [0.3, 0.4) is 0 Å². The molecular weight excluding hydrogens is 318 g/mol. The third-order valence-electron chi connectivity index (χ3n) is 5.19. The van der Waals surface area contributed by atoms with E-state index in [1.54, 1.807) is 11.8 Å². The minimum absolute atomic E-state index is 0.0757. The summed E-state index contributed by atoms with van der Waals surface area (Å²) in [6.45, 7) is 5.56. The maximum absolute atomic E-state index is 12.7. The topological polar surface area (TPSA) is 75.9 Å². The van der Waals surface area contributed by atoms with Crippen LogP contribution in [0.1, 0.15) is 33.1 Å². The number of benzene rings is 1. The van der Waals surface area contributed by atoms with Crippen LogP contribution in [0.25, 0.3) is 0 Å². The first kappa shape index (κ1) is 17.7. The average molecular weight is 345 g/mol. The van der Waals surface area contributed by atoms with Crippen molar-refractivity contribution in [2.45, 2.75) is 45.3 Å². The van der Waals surface area contributed by atoms with Crippen LogP contribution in [0.4, 0.5) is 5.69 Å². The van der Waals surface area contributed by atoms with Gasteiger partial charge in [0.2, 0.25) is 5.91 Å². The van der Waals surface area contributed by atoms with Gasteiger partial charge < -0.3 is 20.3 Å². The second-order valence-corrected chi connectivity index (χ2v) is 7.07. The summed E-state index contributed by atoms with van der Waals surface area (Å²) in [4.78, 5) is 28.8. The summed E-state index contributed by atoms with van der Waals surface area (Å²) in [5.41, 5.74) is 6.60. The number of carbonyl (C=O) groups is 2. The van der Waals surface area contributed by atoms with Crippen LogP contribution in [-0.2, 0) is 9.59 Å². The highest BCUT2D eigenvalue weighted by Crippen LogP contribution is 2.33. The van der Waals surface area contributed by atoms with Gasteiger partial charge in [-0.25, -0.2) is 0 Å². The Hall–Kier alpha value is -2.08. The molecule has 0 aliphatic carbocycles. The summed E-state index contributed by atoms with van der Waals surface area (Å²) in [6.07, 6.45) is 1.74. The second-order valence-electron chi connectivity index (χ2n) is 7.07. The number of fused-ring (bicyclic) bond motifs is 1. The van der Waals surface area contributed by atoms with Crippen LogP contribution in [0.5, 0.6) is 5.75 Å². The lowest BCUT2D eigenvalue weighted by Gasteiger charge is -2.39. The Balaban J connectivity index is 1.68. The van der Waals surface area contributed by atoms with Gasteiger partial charge >= 0.3 is 0 Å². The molecule has 1 aromatic rings. The first-order valence-corrected chi connectivity index (χ1v) is 9.08. The number of nitrogens with two attached hydrogens (primary N) is 1. The van der Waals surface area contributed by atoms with Gasteiger partial charge in [0.1, 0.15) is 5.75 Å². The minimum atomic E-state index is -0.530. The Morgan fingerprint density at radius 1 is 1.32 bits per heavy atom. The molecule has 0 spiro atoms. The summed E-state index contributed by atoms with van der Waals surface area (Å²) in [5, 5.41) is 0. The lowest BCUT2D eigenvalue weighted by molar-refractivity contribution is -0.135. The number of ether oxygens (including phenoxy) is 1. The summed E-state index contributed by atoms with van der Waals surface area (Å²) >= 11 is 0. The highest BCUT2D eigenvalue weighted by Gasteiger charge is 2.33. The van der Waals surface area contributed by atoms with Gasteiger partial charge in [0.05, 0.1) is 5.69 Å². The fourth-order valence-corrected chi connectivity index (χ4v) is 3.74. The molecular formula is C19H27N3O3. The maximum Gasteiger partial charge on any atom is 0.267 e. The van der Waals surface area contributed by atoms with Gasteiger partial charge in [0, 0.05) is 32.1 Å². The van der Waals surface area contributed by atoms with Crippen LogP contribution in [0, 0.1) is 5.92 Å². The number of nitrogens with zero attached hydrogens (tertiary/aromatic N) is 2. The monoisotopic (exact) mass is 345 g/mol. The molecule has 2 heterocycles. The van der Waals surface area contributed by atoms with Gasteiger partial charge in [-0.1, -0.05) is 19.1 Å². The molecule has 136 valence electrons. The Labute approximate surface area is 148 Å². The molecule has 0 saturated carbocycles. The van der Waals surface area contributed by atoms with E-state index in [1.165, 1.54) is 0 Å². The van der Waals surface area contributed by atoms with E-state index in [4.69, 9.17) is 10.5 Å². The fraction of sp³-hybridized carbons (Fsp3) is 0.579. The van der Waals surface area contributed by atoms with Crippen molar-refractivity contribution in [1.29, 1.82) is 0 Å². The number of rotatable bonds is 4. The first-order chi connectivity index (χ1) is 12.0. The van der Waals surface area contributed by atoms with E-state index in [9.17, 15) is 9.59 Å². The molecule has 6 nitrogen and oxygen atoms in total. The minimum Gasteiger partial charge on any atom is -0.479 e. The fourth-order valence-electron chi connectivity index (χ4n) is 3.74. The van der Waals surface area contributed by atoms with Crippen molar-refractivity contribution in [3.05, 3.63) is 24.3 Å². The van der Waals surface area contributed by atoms with E-state index in [0.717, 1.165) is 25.1 Å². The highest BCUT2D eigenvalue weighted by atomic mass is 16.5. The highest BCUT2D eigenvalue weighted by molar-refractivity contribution is 6.00. The molecule has 0 aromatic heterocycles. The van der Waals surface area contributed by atoms with E-state index < -0.39 is 6.10 Å². The largest absolute Gasteiger partial charge is 0.479 e. The van der Waals surface area contributed by atoms with Crippen molar-refractivity contribution in [1.82, 2.24) is 4.90 Å². The molecule has 25 heavy (non-hydrogen) atoms. The van der Waals surface area contributed by atoms with E-state index in [0.29, 0.717) is 31.2 Å². The molecule has 1 saturated heterocycles. The number of hydrogen-bond acceptors (Lipinski definition) is 4. The van der Waals surface area contributed by atoms with Gasteiger partial charge in [-0.15, -0.1) is 0 Å². The summed E-state index contributed by atoms with van der Waals surface area (Å²) < 4.78 is 5.64. The third kappa shape index (κ3) is 3.63. The predicted octanol–water partition coefficient (Wildman–Crippen LogP) is 1.78. The Kier molecular flexibility index (Phi) is 5.27. The van der Waals surface area contributed by atoms with Crippen molar-refractivity contribution >= 4 is 17.5 Å². The number of piperidine rings is 1. The number of para-hydroxylation sites is 2. The zero-order chi connectivity index (χ0) is 18.0. The van der Waals surface area contributed by atoms with Crippen LogP contribution >= 0.6 is 0 Å². The Morgan fingerprint density at radius 2 is 2.08 bits per heavy atom. The molecule has 0 bridgehead atoms. The van der Waals surface area contributed by atoms with E-state index in [1.807, 2.05) is 29.2 Å². The summed E-state index contributed by atoms with van der Waals surface area (Å²) in [6, 6.07) is 7.57. The molecule has 1 aromatic carbocycles. The molecule has 2 amide bonds. The van der Waals surface area contributed by atoms with Crippen molar-refractivity contribution in [3.8, 4) is 5.75 Å². The number of amides is 2. The molecule has 2 N–H and O–H groups in total. The lowest BCUT2D eigenvalue weighted by Crippen LogP contribution is -2.51. The molecule has 3 rings (SSSR count). The zero-order valence-corrected chi connectivity index (χ0v) is 15.0. The molecule has 3 unspecified atom stereocenters. The average Bonchev–Trinajstić information content (AvgIpc) is 2.61. The van der Waals surface area contributed by atoms with E-state index in [-0.39, 0.29) is 17.9 Å². The van der Waals surface area contributed by atoms with Crippen LogP contribution in [-0.4, -0.2) is 48.5 Å². The molecule has 0 radical (unpaired) electrons. The number of hydrogen-bond donors (Lipinski definition) is 1. The van der Waals surface area contributed by atoms with Gasteiger partial charge in [-0.3, -0.25) is 9.59 Å². The maximum atomic E-state index is 12.7. The molecule has 2 aliphatic heterocycles. The van der Waals surface area contributed by atoms with Gasteiger partial charge in [0.25, 0.3) is 5.91 Å². The third-order valence-corrected chi connectivity index (χ3v) is 5.19. The van der Waals surface area contributed by atoms with Crippen molar-refractivity contribution in [3.63, 3.8) is 0 Å². The normalized spacial score (nSPS) is 26.2. The summed E-state index contributed by atoms with van der Waals surface area (Å²) in [5.74, 6) is 1.26. The quantitative estimate of drug-likeness (QED) is 0.902. The smallest absolute Gasteiger partial charge is 0.267 e. The predicted molar refractivity (Wildman–Crippen MR) is 96.5 cm³/mol. The van der Waals surface area contributed by atoms with Gasteiger partial charge in [0.15, 0.2) is 6.10 Å². The zero-order valence-electron chi connectivity index (χ0n) is 15.0. The van der Waals surface area contributed by atoms with Crippen molar-refractivity contribution < 1.29 is 14.3 Å². The standard InChI is InChI=1S/C19H27N3O3/c1-13-7-9-21(15(11-13)12-20)18(23)8-10-22-16-5-3-4-6-17(16)25-14(2)19(22)24/h3-6,13-15H,7-12,20H2,1-2H3. The van der Waals surface area contributed by atoms with Crippen molar-refractivity contribution in [2.24, 2.45) is 11.7 Å². The van der Waals surface area contributed by atoms with Crippen molar-refractivity contribution in [2.75, 3.05) is 24.5 Å². The Morgan fingerprint density at radius 3 is 2.84 bits per heavy atom. The van der Waals surface area contributed by atoms with Crippen LogP contribution in [0.2, 0.25) is 0 Å². The van der Waals surface area contributed by atoms with E-state index >= 15 is 0 Å². The van der Waals surface area contributed by atoms with Crippen LogP contribution < -0.4 is 15.4 Å². The molecule has 1 fully saturated rings. The second kappa shape index (κ2) is 7.44. The Bertz CT molecular complexity index is 649. The summed E-state index contributed by atoms with van der Waals surface area (Å²) in [7, 11) is 0. The number of carbonyl (C=O) groups excluding carboxylic acids is 2. The van der Waals surface area contributed by atoms with Crippen LogP contribution in [0.15, 0.2) is 24.3 Å². The van der Waals surface area contributed by atoms with Gasteiger partial charge in [-0.2, -0.15) is 0 Å². The lowest BCUT2D eigenvalue weighted by atomic mass is 9.92. The first-order valence-electron chi connectivity index (χ1n) is 9.08. The van der Waals surface area contributed by atoms with E-state index in [2.05, 4.69) is 6.92 Å². The molecule has 3 atom stereocenters. The van der Waals surface area contributed by atoms with Gasteiger partial charge in [-0.05, 0) is 37.8 Å².